The second-order valence-corrected chi connectivity index (χ2v) is 8.01. The summed E-state index contributed by atoms with van der Waals surface area (Å²) in [5, 5.41) is 18.3. The molecule has 0 spiro atoms. The van der Waals surface area contributed by atoms with Crippen LogP contribution in [0.25, 0.3) is 11.3 Å². The lowest BCUT2D eigenvalue weighted by atomic mass is 9.99. The summed E-state index contributed by atoms with van der Waals surface area (Å²) in [5.41, 5.74) is 0.556. The van der Waals surface area contributed by atoms with E-state index in [1.54, 1.807) is 0 Å². The molecule has 2 aliphatic rings. The molecule has 5 rings (SSSR count). The molecule has 2 N–H and O–H groups in total. The van der Waals surface area contributed by atoms with Gasteiger partial charge in [-0.25, -0.2) is 13.2 Å². The fourth-order valence-corrected chi connectivity index (χ4v) is 4.65. The van der Waals surface area contributed by atoms with Gasteiger partial charge in [0.2, 0.25) is 0 Å². The maximum atomic E-state index is 14.3. The van der Waals surface area contributed by atoms with Gasteiger partial charge in [0, 0.05) is 48.8 Å². The lowest BCUT2D eigenvalue weighted by molar-refractivity contribution is -0.139. The molecule has 168 valence electrons. The third-order valence-electron chi connectivity index (χ3n) is 6.06. The molecule has 1 aliphatic carbocycles. The molecule has 0 fully saturated rings. The number of alkyl halides is 3. The van der Waals surface area contributed by atoms with E-state index in [1.807, 2.05) is 0 Å². The summed E-state index contributed by atoms with van der Waals surface area (Å²) < 4.78 is 83.2. The molecular weight excluding hydrogens is 436 g/mol. The molecule has 0 saturated carbocycles. The molecule has 10 heteroatoms. The summed E-state index contributed by atoms with van der Waals surface area (Å²) in [6.45, 7) is 0.860. The van der Waals surface area contributed by atoms with Gasteiger partial charge in [-0.05, 0) is 35.4 Å². The second-order valence-electron chi connectivity index (χ2n) is 8.01. The molecule has 3 aromatic rings. The van der Waals surface area contributed by atoms with E-state index in [1.165, 1.54) is 10.7 Å². The number of aliphatic hydroxyl groups is 1. The number of aromatic nitrogens is 2. The van der Waals surface area contributed by atoms with Crippen molar-refractivity contribution < 1.29 is 31.4 Å². The van der Waals surface area contributed by atoms with Crippen molar-refractivity contribution in [2.45, 2.75) is 37.7 Å². The van der Waals surface area contributed by atoms with Gasteiger partial charge in [0.15, 0.2) is 0 Å². The number of hydrogen-bond acceptors (Lipinski definition) is 3. The molecule has 1 aromatic heterocycles. The van der Waals surface area contributed by atoms with Crippen molar-refractivity contribution in [3.63, 3.8) is 0 Å². The largest absolute Gasteiger partial charge is 0.419 e. The van der Waals surface area contributed by atoms with Crippen LogP contribution in [0, 0.1) is 17.5 Å². The highest BCUT2D eigenvalue weighted by Gasteiger charge is 2.39. The summed E-state index contributed by atoms with van der Waals surface area (Å²) in [6.07, 6.45) is -5.56. The van der Waals surface area contributed by atoms with Gasteiger partial charge in [-0.1, -0.05) is 0 Å². The number of benzene rings is 2. The third-order valence-corrected chi connectivity index (χ3v) is 6.06. The SMILES string of the molecule is O[C@@H]1Cc2c(F)cc(F)cc2[C@H]1n1nc(-c2ccc(F)c(C(F)(F)F)c2)c2c1CCNC2. The molecule has 0 saturated heterocycles. The molecule has 4 nitrogen and oxygen atoms in total. The van der Waals surface area contributed by atoms with Crippen molar-refractivity contribution >= 4 is 0 Å². The van der Waals surface area contributed by atoms with Gasteiger partial charge in [0.25, 0.3) is 0 Å². The minimum Gasteiger partial charge on any atom is -0.390 e. The van der Waals surface area contributed by atoms with E-state index in [2.05, 4.69) is 10.4 Å². The molecule has 32 heavy (non-hydrogen) atoms. The van der Waals surface area contributed by atoms with Crippen molar-refractivity contribution in [3.05, 3.63) is 75.7 Å². The van der Waals surface area contributed by atoms with Crippen LogP contribution in [0.1, 0.15) is 34.0 Å². The zero-order valence-electron chi connectivity index (χ0n) is 16.5. The maximum Gasteiger partial charge on any atom is 0.419 e. The van der Waals surface area contributed by atoms with Gasteiger partial charge >= 0.3 is 6.18 Å². The monoisotopic (exact) mass is 453 g/mol. The highest BCUT2D eigenvalue weighted by Crippen LogP contribution is 2.41. The van der Waals surface area contributed by atoms with Gasteiger partial charge in [0.05, 0.1) is 17.4 Å². The fourth-order valence-electron chi connectivity index (χ4n) is 4.65. The zero-order valence-corrected chi connectivity index (χ0v) is 16.5. The van der Waals surface area contributed by atoms with Crippen LogP contribution in [0.3, 0.4) is 0 Å². The average molecular weight is 453 g/mol. The number of rotatable bonds is 2. The highest BCUT2D eigenvalue weighted by molar-refractivity contribution is 5.66. The summed E-state index contributed by atoms with van der Waals surface area (Å²) in [6, 6.07) is 3.66. The molecule has 2 aromatic carbocycles. The van der Waals surface area contributed by atoms with Crippen LogP contribution >= 0.6 is 0 Å². The van der Waals surface area contributed by atoms with Crippen molar-refractivity contribution in [2.24, 2.45) is 0 Å². The lowest BCUT2D eigenvalue weighted by Gasteiger charge is -2.22. The van der Waals surface area contributed by atoms with E-state index in [0.717, 1.165) is 18.2 Å². The van der Waals surface area contributed by atoms with Crippen LogP contribution in [0.4, 0.5) is 26.3 Å². The quantitative estimate of drug-likeness (QED) is 0.574. The van der Waals surface area contributed by atoms with E-state index in [-0.39, 0.29) is 28.8 Å². The topological polar surface area (TPSA) is 50.1 Å². The van der Waals surface area contributed by atoms with E-state index in [9.17, 15) is 31.4 Å². The van der Waals surface area contributed by atoms with Crippen molar-refractivity contribution in [2.75, 3.05) is 6.54 Å². The molecule has 0 radical (unpaired) electrons. The summed E-state index contributed by atoms with van der Waals surface area (Å²) in [5.74, 6) is -2.95. The van der Waals surface area contributed by atoms with Gasteiger partial charge in [-0.15, -0.1) is 0 Å². The van der Waals surface area contributed by atoms with Gasteiger partial charge < -0.3 is 10.4 Å². The Kier molecular flexibility index (Phi) is 4.82. The Bertz CT molecular complexity index is 1220. The Hall–Kier alpha value is -2.85. The number of nitrogens with one attached hydrogen (secondary N) is 1. The molecule has 2 atom stereocenters. The Balaban J connectivity index is 1.69. The van der Waals surface area contributed by atoms with E-state index in [0.29, 0.717) is 36.8 Å². The number of hydrogen-bond donors (Lipinski definition) is 2. The molecule has 2 heterocycles. The predicted molar refractivity (Wildman–Crippen MR) is 102 cm³/mol. The van der Waals surface area contributed by atoms with Crippen LogP contribution in [0.15, 0.2) is 30.3 Å². The van der Waals surface area contributed by atoms with E-state index >= 15 is 0 Å². The summed E-state index contributed by atoms with van der Waals surface area (Å²) >= 11 is 0. The van der Waals surface area contributed by atoms with E-state index in [4.69, 9.17) is 0 Å². The van der Waals surface area contributed by atoms with Crippen molar-refractivity contribution in [3.8, 4) is 11.3 Å². The van der Waals surface area contributed by atoms with E-state index < -0.39 is 41.3 Å². The Morgan fingerprint density at radius 3 is 2.56 bits per heavy atom. The fraction of sp³-hybridized carbons (Fsp3) is 0.318. The molecule has 1 aliphatic heterocycles. The minimum absolute atomic E-state index is 0.0386. The van der Waals surface area contributed by atoms with Gasteiger partial charge in [-0.2, -0.15) is 18.3 Å². The Labute approximate surface area is 178 Å². The van der Waals surface area contributed by atoms with Crippen LogP contribution in [0.5, 0.6) is 0 Å². The minimum atomic E-state index is -4.88. The standard InChI is InChI=1S/C22H17F6N3O/c23-11-6-13-12(17(25)7-11)8-19(32)21(13)31-18-3-4-29-9-14(18)20(30-31)10-1-2-16(24)15(5-10)22(26,27)28/h1-2,5-7,19,21,29,32H,3-4,8-9H2/t19-,21-/m1/s1. The summed E-state index contributed by atoms with van der Waals surface area (Å²) in [4.78, 5) is 0. The number of aliphatic hydroxyl groups excluding tert-OH is 1. The molecule has 0 bridgehead atoms. The molecule has 0 amide bonds. The Morgan fingerprint density at radius 2 is 1.81 bits per heavy atom. The van der Waals surface area contributed by atoms with Crippen molar-refractivity contribution in [1.29, 1.82) is 0 Å². The molecular formula is C22H17F6N3O. The smallest absolute Gasteiger partial charge is 0.390 e. The van der Waals surface area contributed by atoms with Crippen molar-refractivity contribution in [1.82, 2.24) is 15.1 Å². The second kappa shape index (κ2) is 7.35. The van der Waals surface area contributed by atoms with Crippen LogP contribution in [-0.2, 0) is 25.6 Å². The Morgan fingerprint density at radius 1 is 1.03 bits per heavy atom. The predicted octanol–water partition coefficient (Wildman–Crippen LogP) is 4.14. The highest BCUT2D eigenvalue weighted by atomic mass is 19.4. The van der Waals surface area contributed by atoms with Crippen LogP contribution in [-0.4, -0.2) is 27.5 Å². The number of halogens is 6. The normalized spacial score (nSPS) is 20.3. The van der Waals surface area contributed by atoms with Crippen LogP contribution < -0.4 is 5.32 Å². The third kappa shape index (κ3) is 3.29. The molecule has 0 unspecified atom stereocenters. The van der Waals surface area contributed by atoms with Gasteiger partial charge in [0.1, 0.15) is 23.5 Å². The zero-order chi connectivity index (χ0) is 22.8. The van der Waals surface area contributed by atoms with Crippen LogP contribution in [0.2, 0.25) is 0 Å². The number of fused-ring (bicyclic) bond motifs is 2. The first-order valence-corrected chi connectivity index (χ1v) is 9.99. The lowest BCUT2D eigenvalue weighted by Crippen LogP contribution is -2.29. The number of nitrogens with zero attached hydrogens (tertiary/aromatic N) is 2. The summed E-state index contributed by atoms with van der Waals surface area (Å²) in [7, 11) is 0. The first-order chi connectivity index (χ1) is 15.1. The maximum absolute atomic E-state index is 14.3. The first-order valence-electron chi connectivity index (χ1n) is 9.99. The first kappa shape index (κ1) is 21.0. The van der Waals surface area contributed by atoms with Gasteiger partial charge in [-0.3, -0.25) is 4.68 Å². The average Bonchev–Trinajstić information content (AvgIpc) is 3.25.